The van der Waals surface area contributed by atoms with Gasteiger partial charge in [0.2, 0.25) is 0 Å². The van der Waals surface area contributed by atoms with E-state index < -0.39 is 0 Å². The highest BCUT2D eigenvalue weighted by Crippen LogP contribution is 2.35. The largest absolute Gasteiger partial charge is 0.496 e. The fourth-order valence-corrected chi connectivity index (χ4v) is 4.90. The Balaban J connectivity index is 1.63. The molecular weight excluding hydrogens is 344 g/mol. The quantitative estimate of drug-likeness (QED) is 0.752. The summed E-state index contributed by atoms with van der Waals surface area (Å²) < 4.78 is 10.3. The van der Waals surface area contributed by atoms with Gasteiger partial charge in [-0.05, 0) is 56.0 Å². The van der Waals surface area contributed by atoms with Crippen LogP contribution in [0.3, 0.4) is 0 Å². The van der Waals surface area contributed by atoms with Crippen LogP contribution in [0, 0.1) is 10.7 Å². The summed E-state index contributed by atoms with van der Waals surface area (Å²) in [4.78, 5) is 2.61. The van der Waals surface area contributed by atoms with Gasteiger partial charge in [-0.25, -0.2) is 4.68 Å². The third-order valence-corrected chi connectivity index (χ3v) is 6.55. The predicted octanol–water partition coefficient (Wildman–Crippen LogP) is 4.24. The lowest BCUT2D eigenvalue weighted by molar-refractivity contribution is 0.0323. The molecule has 0 radical (unpaired) electrons. The molecule has 2 aliphatic rings. The van der Waals surface area contributed by atoms with Gasteiger partial charge in [0, 0.05) is 19.6 Å². The van der Waals surface area contributed by atoms with Gasteiger partial charge in [-0.15, -0.1) is 0 Å². The van der Waals surface area contributed by atoms with Crippen LogP contribution in [0.5, 0.6) is 5.75 Å². The van der Waals surface area contributed by atoms with E-state index in [-0.39, 0.29) is 0 Å². The zero-order valence-corrected chi connectivity index (χ0v) is 16.5. The van der Waals surface area contributed by atoms with Crippen LogP contribution in [0.25, 0.3) is 11.4 Å². The molecule has 1 aliphatic carbocycles. The number of benzene rings is 1. The summed E-state index contributed by atoms with van der Waals surface area (Å²) >= 11 is 5.70. The van der Waals surface area contributed by atoms with Crippen molar-refractivity contribution in [3.63, 3.8) is 0 Å². The molecule has 0 N–H and O–H groups in total. The van der Waals surface area contributed by atoms with Gasteiger partial charge in [0.15, 0.2) is 10.6 Å². The van der Waals surface area contributed by atoms with Crippen LogP contribution in [0.2, 0.25) is 0 Å². The smallest absolute Gasteiger partial charge is 0.199 e. The second-order valence-electron chi connectivity index (χ2n) is 7.57. The predicted molar refractivity (Wildman–Crippen MR) is 106 cm³/mol. The van der Waals surface area contributed by atoms with Crippen LogP contribution in [-0.4, -0.2) is 38.9 Å². The van der Waals surface area contributed by atoms with Crippen molar-refractivity contribution in [1.82, 2.24) is 19.2 Å². The molecule has 140 valence electrons. The number of methoxy groups -OCH3 is 1. The Labute approximate surface area is 160 Å². The number of hydrogen-bond donors (Lipinski definition) is 0. The van der Waals surface area contributed by atoms with E-state index in [2.05, 4.69) is 4.90 Å². The molecule has 2 unspecified atom stereocenters. The molecule has 2 atom stereocenters. The van der Waals surface area contributed by atoms with Gasteiger partial charge >= 0.3 is 0 Å². The third-order valence-electron chi connectivity index (χ3n) is 6.06. The summed E-state index contributed by atoms with van der Waals surface area (Å²) in [7, 11) is 3.69. The molecule has 0 amide bonds. The van der Waals surface area contributed by atoms with Crippen LogP contribution in [-0.2, 0) is 13.7 Å². The van der Waals surface area contributed by atoms with Crippen LogP contribution in [0.4, 0.5) is 0 Å². The van der Waals surface area contributed by atoms with Crippen molar-refractivity contribution in [2.75, 3.05) is 13.7 Å². The van der Waals surface area contributed by atoms with Crippen molar-refractivity contribution >= 4 is 12.2 Å². The standard InChI is InChI=1S/C20H28N4OS/c1-22-19(16-10-4-6-12-18(16)25-2)21-24(20(22)26)14-23-13-7-9-15-8-3-5-11-17(15)23/h4,6,10,12,15,17H,3,5,7-9,11,13-14H2,1-2H3. The normalized spacial score (nSPS) is 23.6. The fourth-order valence-electron chi connectivity index (χ4n) is 4.72. The van der Waals surface area contributed by atoms with E-state index >= 15 is 0 Å². The van der Waals surface area contributed by atoms with E-state index in [9.17, 15) is 0 Å². The Bertz CT molecular complexity index is 825. The maximum Gasteiger partial charge on any atom is 0.199 e. The highest BCUT2D eigenvalue weighted by molar-refractivity contribution is 7.71. The number of piperidine rings is 1. The summed E-state index contributed by atoms with van der Waals surface area (Å²) in [6.45, 7) is 1.95. The summed E-state index contributed by atoms with van der Waals surface area (Å²) in [6.07, 6.45) is 8.15. The van der Waals surface area contributed by atoms with Gasteiger partial charge in [-0.1, -0.05) is 25.0 Å². The zero-order chi connectivity index (χ0) is 18.1. The topological polar surface area (TPSA) is 35.2 Å². The van der Waals surface area contributed by atoms with Crippen molar-refractivity contribution in [3.05, 3.63) is 29.0 Å². The van der Waals surface area contributed by atoms with Crippen LogP contribution >= 0.6 is 12.2 Å². The average Bonchev–Trinajstić information content (AvgIpc) is 2.96. The molecule has 5 nitrogen and oxygen atoms in total. The lowest BCUT2D eigenvalue weighted by Gasteiger charge is -2.43. The number of ether oxygens (including phenoxy) is 1. The second-order valence-corrected chi connectivity index (χ2v) is 7.94. The molecule has 1 aliphatic heterocycles. The van der Waals surface area contributed by atoms with Gasteiger partial charge in [0.1, 0.15) is 5.75 Å². The zero-order valence-electron chi connectivity index (χ0n) is 15.7. The Morgan fingerprint density at radius 3 is 2.77 bits per heavy atom. The van der Waals surface area contributed by atoms with E-state index in [4.69, 9.17) is 22.1 Å². The maximum atomic E-state index is 5.70. The lowest BCUT2D eigenvalue weighted by atomic mass is 9.78. The van der Waals surface area contributed by atoms with E-state index in [0.717, 1.165) is 41.0 Å². The molecule has 2 fully saturated rings. The van der Waals surface area contributed by atoms with Gasteiger partial charge in [0.05, 0.1) is 19.3 Å². The van der Waals surface area contributed by atoms with E-state index in [1.54, 1.807) is 7.11 Å². The van der Waals surface area contributed by atoms with Gasteiger partial charge < -0.3 is 9.30 Å². The van der Waals surface area contributed by atoms with E-state index in [1.165, 1.54) is 38.5 Å². The average molecular weight is 373 g/mol. The second kappa shape index (κ2) is 7.53. The maximum absolute atomic E-state index is 5.70. The minimum Gasteiger partial charge on any atom is -0.496 e. The van der Waals surface area contributed by atoms with Crippen molar-refractivity contribution < 1.29 is 4.74 Å². The number of likely N-dealkylation sites (tertiary alicyclic amines) is 1. The Morgan fingerprint density at radius 2 is 1.92 bits per heavy atom. The minimum absolute atomic E-state index is 0.705. The molecule has 2 aromatic rings. The van der Waals surface area contributed by atoms with Crippen molar-refractivity contribution in [2.24, 2.45) is 13.0 Å². The highest BCUT2D eigenvalue weighted by atomic mass is 32.1. The van der Waals surface area contributed by atoms with Crippen molar-refractivity contribution in [2.45, 2.75) is 51.2 Å². The van der Waals surface area contributed by atoms with Crippen LogP contribution in [0.15, 0.2) is 24.3 Å². The van der Waals surface area contributed by atoms with Crippen LogP contribution < -0.4 is 4.74 Å². The summed E-state index contributed by atoms with van der Waals surface area (Å²) in [5, 5.41) is 4.87. The SMILES string of the molecule is COc1ccccc1-c1nn(CN2CCCC3CCCCC32)c(=S)n1C. The molecule has 1 aromatic heterocycles. The Hall–Kier alpha value is -1.66. The molecule has 4 rings (SSSR count). The summed E-state index contributed by atoms with van der Waals surface area (Å²) in [5.74, 6) is 2.56. The number of nitrogens with zero attached hydrogens (tertiary/aromatic N) is 4. The molecule has 1 aromatic carbocycles. The van der Waals surface area contributed by atoms with Crippen molar-refractivity contribution in [1.29, 1.82) is 0 Å². The first kappa shape index (κ1) is 17.7. The summed E-state index contributed by atoms with van der Waals surface area (Å²) in [6, 6.07) is 8.70. The first-order chi connectivity index (χ1) is 12.7. The molecular formula is C20H28N4OS. The highest BCUT2D eigenvalue weighted by Gasteiger charge is 2.33. The minimum atomic E-state index is 0.705. The van der Waals surface area contributed by atoms with Gasteiger partial charge in [-0.3, -0.25) is 4.90 Å². The third kappa shape index (κ3) is 3.21. The number of fused-ring (bicyclic) bond motifs is 1. The van der Waals surface area contributed by atoms with Gasteiger partial charge in [0.25, 0.3) is 0 Å². The Kier molecular flexibility index (Phi) is 5.14. The van der Waals surface area contributed by atoms with E-state index in [0.29, 0.717) is 6.04 Å². The van der Waals surface area contributed by atoms with E-state index in [1.807, 2.05) is 40.6 Å². The van der Waals surface area contributed by atoms with Gasteiger partial charge in [-0.2, -0.15) is 5.10 Å². The molecule has 6 heteroatoms. The number of hydrogen-bond acceptors (Lipinski definition) is 4. The van der Waals surface area contributed by atoms with Crippen molar-refractivity contribution in [3.8, 4) is 17.1 Å². The first-order valence-corrected chi connectivity index (χ1v) is 10.1. The molecule has 26 heavy (non-hydrogen) atoms. The fraction of sp³-hybridized carbons (Fsp3) is 0.600. The molecule has 1 saturated carbocycles. The molecule has 1 saturated heterocycles. The molecule has 0 bridgehead atoms. The number of aromatic nitrogens is 3. The lowest BCUT2D eigenvalue weighted by Crippen LogP contribution is -2.47. The number of para-hydroxylation sites is 1. The molecule has 0 spiro atoms. The first-order valence-electron chi connectivity index (χ1n) is 9.70. The summed E-state index contributed by atoms with van der Waals surface area (Å²) in [5.41, 5.74) is 0.983. The Morgan fingerprint density at radius 1 is 1.15 bits per heavy atom. The van der Waals surface area contributed by atoms with Crippen LogP contribution in [0.1, 0.15) is 38.5 Å². The molecule has 2 heterocycles. The number of rotatable bonds is 4. The monoisotopic (exact) mass is 372 g/mol.